The highest BCUT2D eigenvalue weighted by Crippen LogP contribution is 2.32. The molecule has 0 unspecified atom stereocenters. The fourth-order valence-corrected chi connectivity index (χ4v) is 5.49. The molecule has 1 aliphatic rings. The monoisotopic (exact) mass is 494 g/mol. The Balaban J connectivity index is 1.74. The lowest BCUT2D eigenvalue weighted by atomic mass is 9.82. The van der Waals surface area contributed by atoms with E-state index < -0.39 is 33.8 Å². The molecular weight excluding hydrogens is 458 g/mol. The van der Waals surface area contributed by atoms with Crippen molar-refractivity contribution in [2.45, 2.75) is 71.1 Å². The second-order valence-electron chi connectivity index (χ2n) is 10.7. The van der Waals surface area contributed by atoms with E-state index in [1.807, 2.05) is 0 Å². The van der Waals surface area contributed by atoms with Crippen molar-refractivity contribution in [2.24, 2.45) is 5.41 Å². The van der Waals surface area contributed by atoms with Crippen LogP contribution in [0.2, 0.25) is 0 Å². The normalized spacial score (nSPS) is 18.4. The third-order valence-corrected chi connectivity index (χ3v) is 6.77. The Morgan fingerprint density at radius 2 is 1.76 bits per heavy atom. The van der Waals surface area contributed by atoms with Gasteiger partial charge in [-0.3, -0.25) is 0 Å². The molecule has 8 heteroatoms. The summed E-state index contributed by atoms with van der Waals surface area (Å²) in [5.41, 5.74) is 4.22. The first-order valence-electron chi connectivity index (χ1n) is 11.7. The Hall–Kier alpha value is -1.87. The van der Waals surface area contributed by atoms with Gasteiger partial charge in [-0.2, -0.15) is 0 Å². The molecule has 0 radical (unpaired) electrons. The van der Waals surface area contributed by atoms with Gasteiger partial charge in [0.2, 0.25) is 10.0 Å². The number of halogens is 2. The molecule has 1 aliphatic carbocycles. The molecule has 0 heterocycles. The zero-order valence-electron chi connectivity index (χ0n) is 20.4. The van der Waals surface area contributed by atoms with Crippen LogP contribution < -0.4 is 10.0 Å². The van der Waals surface area contributed by atoms with Crippen LogP contribution in [0.25, 0.3) is 0 Å². The average Bonchev–Trinajstić information content (AvgIpc) is 2.68. The Bertz CT molecular complexity index is 1080. The van der Waals surface area contributed by atoms with E-state index in [1.54, 1.807) is 0 Å². The summed E-state index contributed by atoms with van der Waals surface area (Å²) in [6.07, 6.45) is 3.77. The van der Waals surface area contributed by atoms with E-state index in [2.05, 4.69) is 49.0 Å². The van der Waals surface area contributed by atoms with E-state index in [9.17, 15) is 22.3 Å². The van der Waals surface area contributed by atoms with E-state index in [4.69, 9.17) is 0 Å². The molecule has 34 heavy (non-hydrogen) atoms. The largest absolute Gasteiger partial charge is 0.390 e. The molecule has 0 aliphatic heterocycles. The maximum Gasteiger partial charge on any atom is 0.209 e. The van der Waals surface area contributed by atoms with Crippen molar-refractivity contribution in [3.63, 3.8) is 0 Å². The average molecular weight is 495 g/mol. The van der Waals surface area contributed by atoms with E-state index in [1.165, 1.54) is 16.7 Å². The van der Waals surface area contributed by atoms with Gasteiger partial charge < -0.3 is 10.4 Å². The fraction of sp³-hybridized carbons (Fsp3) is 0.538. The lowest BCUT2D eigenvalue weighted by Gasteiger charge is -2.30. The van der Waals surface area contributed by atoms with Crippen molar-refractivity contribution in [3.8, 4) is 0 Å². The molecule has 0 spiro atoms. The van der Waals surface area contributed by atoms with Gasteiger partial charge in [-0.25, -0.2) is 21.9 Å². The van der Waals surface area contributed by atoms with Gasteiger partial charge in [-0.05, 0) is 71.9 Å². The zero-order valence-corrected chi connectivity index (χ0v) is 21.2. The van der Waals surface area contributed by atoms with E-state index in [0.29, 0.717) is 0 Å². The van der Waals surface area contributed by atoms with Crippen LogP contribution in [-0.2, 0) is 29.3 Å². The van der Waals surface area contributed by atoms with Gasteiger partial charge in [0.1, 0.15) is 11.6 Å². The summed E-state index contributed by atoms with van der Waals surface area (Å²) in [4.78, 5) is 0. The van der Waals surface area contributed by atoms with Crippen LogP contribution in [0.3, 0.4) is 0 Å². The predicted molar refractivity (Wildman–Crippen MR) is 131 cm³/mol. The van der Waals surface area contributed by atoms with Crippen molar-refractivity contribution in [3.05, 3.63) is 70.3 Å². The second-order valence-corrected chi connectivity index (χ2v) is 12.4. The predicted octanol–water partition coefficient (Wildman–Crippen LogP) is 4.04. The molecular formula is C26H36F2N2O3S. The maximum atomic E-state index is 13.6. The van der Waals surface area contributed by atoms with Crippen molar-refractivity contribution in [1.29, 1.82) is 0 Å². The number of benzene rings is 2. The van der Waals surface area contributed by atoms with Crippen LogP contribution >= 0.6 is 0 Å². The minimum absolute atomic E-state index is 0.0401. The van der Waals surface area contributed by atoms with Crippen molar-refractivity contribution in [2.75, 3.05) is 12.8 Å². The molecule has 5 nitrogen and oxygen atoms in total. The first-order valence-corrected chi connectivity index (χ1v) is 13.6. The zero-order chi connectivity index (χ0) is 25.1. The smallest absolute Gasteiger partial charge is 0.209 e. The molecule has 0 amide bonds. The van der Waals surface area contributed by atoms with Gasteiger partial charge in [-0.15, -0.1) is 0 Å². The minimum Gasteiger partial charge on any atom is -0.390 e. The molecule has 3 atom stereocenters. The molecule has 0 fully saturated rings. The number of aryl methyl sites for hydroxylation is 1. The number of hydrogen-bond acceptors (Lipinski definition) is 4. The van der Waals surface area contributed by atoms with Crippen LogP contribution in [-0.4, -0.2) is 38.5 Å². The van der Waals surface area contributed by atoms with Crippen LogP contribution in [0.5, 0.6) is 0 Å². The number of sulfonamides is 1. The number of fused-ring (bicyclic) bond motifs is 1. The summed E-state index contributed by atoms with van der Waals surface area (Å²) in [6, 6.07) is 8.78. The van der Waals surface area contributed by atoms with Crippen molar-refractivity contribution < 1.29 is 22.3 Å². The quantitative estimate of drug-likeness (QED) is 0.492. The van der Waals surface area contributed by atoms with Crippen LogP contribution in [0, 0.1) is 17.0 Å². The number of hydrogen-bond donors (Lipinski definition) is 3. The Morgan fingerprint density at radius 3 is 2.38 bits per heavy atom. The molecule has 0 bridgehead atoms. The SMILES string of the molecule is CC(C)(C)Cc1ccc2c(c1)[C@@H](NC[C@@H](O)[C@H](Cc1cc(F)cc(F)c1)NS(C)(=O)=O)CCC2. The summed E-state index contributed by atoms with van der Waals surface area (Å²) < 4.78 is 53.5. The molecule has 3 N–H and O–H groups in total. The van der Waals surface area contributed by atoms with E-state index >= 15 is 0 Å². The van der Waals surface area contributed by atoms with Crippen LogP contribution in [0.1, 0.15) is 61.9 Å². The third-order valence-electron chi connectivity index (χ3n) is 6.04. The highest BCUT2D eigenvalue weighted by Gasteiger charge is 2.27. The van der Waals surface area contributed by atoms with E-state index in [-0.39, 0.29) is 30.0 Å². The van der Waals surface area contributed by atoms with Gasteiger partial charge in [0.05, 0.1) is 18.4 Å². The number of rotatable bonds is 9. The van der Waals surface area contributed by atoms with Crippen LogP contribution in [0.15, 0.2) is 36.4 Å². The fourth-order valence-electron chi connectivity index (χ4n) is 4.70. The Labute approximate surface area is 202 Å². The number of aliphatic hydroxyl groups excluding tert-OH is 1. The molecule has 188 valence electrons. The van der Waals surface area contributed by atoms with Crippen molar-refractivity contribution in [1.82, 2.24) is 10.0 Å². The van der Waals surface area contributed by atoms with Gasteiger partial charge in [0.25, 0.3) is 0 Å². The number of nitrogens with one attached hydrogen (secondary N) is 2. The molecule has 0 saturated heterocycles. The lowest BCUT2D eigenvalue weighted by Crippen LogP contribution is -2.49. The molecule has 0 aromatic heterocycles. The standard InChI is InChI=1S/C26H36F2N2O3S/c1-26(2,3)15-17-8-9-19-6-5-7-23(22(19)12-17)29-16-25(31)24(30-34(4,32)33)13-18-10-20(27)14-21(28)11-18/h8-12,14,23-25,29-31H,5-7,13,15-16H2,1-4H3/t23-,24-,25+/m0/s1. The first kappa shape index (κ1) is 26.7. The van der Waals surface area contributed by atoms with Crippen LogP contribution in [0.4, 0.5) is 8.78 Å². The maximum absolute atomic E-state index is 13.6. The molecule has 2 aromatic rings. The van der Waals surface area contributed by atoms with Gasteiger partial charge in [-0.1, -0.05) is 39.0 Å². The molecule has 3 rings (SSSR count). The summed E-state index contributed by atoms with van der Waals surface area (Å²) in [5.74, 6) is -1.49. The van der Waals surface area contributed by atoms with Gasteiger partial charge in [0.15, 0.2) is 0 Å². The third kappa shape index (κ3) is 8.12. The summed E-state index contributed by atoms with van der Waals surface area (Å²) in [7, 11) is -3.65. The van der Waals surface area contributed by atoms with Gasteiger partial charge >= 0.3 is 0 Å². The lowest BCUT2D eigenvalue weighted by molar-refractivity contribution is 0.130. The van der Waals surface area contributed by atoms with E-state index in [0.717, 1.165) is 50.1 Å². The minimum atomic E-state index is -3.65. The summed E-state index contributed by atoms with van der Waals surface area (Å²) >= 11 is 0. The Kier molecular flexibility index (Phi) is 8.50. The van der Waals surface area contributed by atoms with Gasteiger partial charge in [0, 0.05) is 18.7 Å². The Morgan fingerprint density at radius 1 is 1.09 bits per heavy atom. The second kappa shape index (κ2) is 10.8. The highest BCUT2D eigenvalue weighted by atomic mass is 32.2. The summed E-state index contributed by atoms with van der Waals surface area (Å²) in [5, 5.41) is 14.3. The topological polar surface area (TPSA) is 78.4 Å². The first-order chi connectivity index (χ1) is 15.8. The number of aliphatic hydroxyl groups is 1. The summed E-state index contributed by atoms with van der Waals surface area (Å²) in [6.45, 7) is 6.76. The van der Waals surface area contributed by atoms with Crippen molar-refractivity contribution >= 4 is 10.0 Å². The molecule has 2 aromatic carbocycles. The molecule has 0 saturated carbocycles. The highest BCUT2D eigenvalue weighted by molar-refractivity contribution is 7.88.